The number of rotatable bonds is 10. The van der Waals surface area contributed by atoms with Crippen LogP contribution in [0.1, 0.15) is 59.1 Å². The maximum absolute atomic E-state index is 13.7. The number of esters is 1. The van der Waals surface area contributed by atoms with Gasteiger partial charge in [-0.3, -0.25) is 4.79 Å². The Kier molecular flexibility index (Phi) is 9.31. The first kappa shape index (κ1) is 30.5. The molecule has 0 bridgehead atoms. The van der Waals surface area contributed by atoms with Gasteiger partial charge in [-0.1, -0.05) is 69.3 Å². The van der Waals surface area contributed by atoms with E-state index in [1.165, 1.54) is 7.11 Å². The molecule has 0 amide bonds. The summed E-state index contributed by atoms with van der Waals surface area (Å²) >= 11 is 0. The minimum atomic E-state index is -3.87. The molecule has 1 fully saturated rings. The van der Waals surface area contributed by atoms with Gasteiger partial charge in [-0.25, -0.2) is 8.42 Å². The van der Waals surface area contributed by atoms with Crippen molar-refractivity contribution in [2.75, 3.05) is 7.11 Å². The molecule has 1 unspecified atom stereocenters. The molecule has 0 radical (unpaired) electrons. The molecule has 9 heteroatoms. The van der Waals surface area contributed by atoms with Crippen LogP contribution in [0.25, 0.3) is 0 Å². The van der Waals surface area contributed by atoms with Crippen molar-refractivity contribution in [3.63, 3.8) is 0 Å². The van der Waals surface area contributed by atoms with E-state index < -0.39 is 53.5 Å². The summed E-state index contributed by atoms with van der Waals surface area (Å²) in [4.78, 5) is 12.5. The Balaban J connectivity index is 2.04. The topological polar surface area (TPSA) is 88.1 Å². The van der Waals surface area contributed by atoms with Gasteiger partial charge in [-0.15, -0.1) is 0 Å². The Morgan fingerprint density at radius 2 is 1.55 bits per heavy atom. The van der Waals surface area contributed by atoms with E-state index in [0.717, 1.165) is 5.56 Å². The second-order valence-corrected chi connectivity index (χ2v) is 18.8. The van der Waals surface area contributed by atoms with Crippen LogP contribution in [-0.2, 0) is 33.3 Å². The fraction of sp³-hybridized carbons (Fsp3) is 0.552. The zero-order chi connectivity index (χ0) is 28.4. The van der Waals surface area contributed by atoms with Gasteiger partial charge in [-0.2, -0.15) is 0 Å². The van der Waals surface area contributed by atoms with Crippen LogP contribution in [-0.4, -0.2) is 53.1 Å². The summed E-state index contributed by atoms with van der Waals surface area (Å²) in [6.45, 7) is 14.5. The lowest BCUT2D eigenvalue weighted by Gasteiger charge is -2.41. The Morgan fingerprint density at radius 3 is 2.08 bits per heavy atom. The van der Waals surface area contributed by atoms with Gasteiger partial charge >= 0.3 is 5.97 Å². The van der Waals surface area contributed by atoms with Gasteiger partial charge in [0, 0.05) is 0 Å². The summed E-state index contributed by atoms with van der Waals surface area (Å²) in [6.07, 6.45) is -1.97. The minimum Gasteiger partial charge on any atom is -0.469 e. The molecule has 0 spiro atoms. The molecule has 2 aromatic carbocycles. The van der Waals surface area contributed by atoms with Crippen molar-refractivity contribution in [3.8, 4) is 0 Å². The third-order valence-corrected chi connectivity index (χ3v) is 14.1. The van der Waals surface area contributed by atoms with Gasteiger partial charge in [0.1, 0.15) is 6.10 Å². The maximum Gasteiger partial charge on any atom is 0.306 e. The van der Waals surface area contributed by atoms with Gasteiger partial charge < -0.3 is 18.6 Å². The van der Waals surface area contributed by atoms with Gasteiger partial charge in [0.25, 0.3) is 0 Å². The Hall–Kier alpha value is -2.04. The molecule has 210 valence electrons. The molecule has 0 saturated carbocycles. The van der Waals surface area contributed by atoms with E-state index in [9.17, 15) is 13.2 Å². The molecule has 7 nitrogen and oxygen atoms in total. The highest BCUT2D eigenvalue weighted by Crippen LogP contribution is 2.45. The highest BCUT2D eigenvalue weighted by Gasteiger charge is 2.51. The predicted octanol–water partition coefficient (Wildman–Crippen LogP) is 6.07. The molecule has 0 aromatic heterocycles. The number of hydrogen-bond donors (Lipinski definition) is 0. The number of ether oxygens (including phenoxy) is 3. The summed E-state index contributed by atoms with van der Waals surface area (Å²) < 4.78 is 52.0. The van der Waals surface area contributed by atoms with Gasteiger partial charge in [0.2, 0.25) is 0 Å². The van der Waals surface area contributed by atoms with Crippen molar-refractivity contribution < 1.29 is 31.8 Å². The van der Waals surface area contributed by atoms with Crippen molar-refractivity contribution in [3.05, 3.63) is 66.2 Å². The van der Waals surface area contributed by atoms with Crippen LogP contribution in [0.15, 0.2) is 65.6 Å². The Bertz CT molecular complexity index is 1170. The Morgan fingerprint density at radius 1 is 1.00 bits per heavy atom. The monoisotopic (exact) mass is 562 g/mol. The van der Waals surface area contributed by atoms with E-state index in [0.29, 0.717) is 0 Å². The first-order valence-electron chi connectivity index (χ1n) is 13.0. The highest BCUT2D eigenvalue weighted by molar-refractivity contribution is 7.92. The van der Waals surface area contributed by atoms with E-state index in [1.807, 2.05) is 44.2 Å². The first-order valence-corrected chi connectivity index (χ1v) is 17.5. The second-order valence-electron chi connectivity index (χ2n) is 11.8. The highest BCUT2D eigenvalue weighted by atomic mass is 32.2. The normalized spacial score (nSPS) is 21.6. The fourth-order valence-electron chi connectivity index (χ4n) is 4.41. The van der Waals surface area contributed by atoms with Crippen molar-refractivity contribution in [1.29, 1.82) is 0 Å². The van der Waals surface area contributed by atoms with Crippen LogP contribution in [0.5, 0.6) is 0 Å². The summed E-state index contributed by atoms with van der Waals surface area (Å²) in [5.41, 5.74) is 0.934. The molecule has 0 N–H and O–H groups in total. The van der Waals surface area contributed by atoms with Gasteiger partial charge in [0.15, 0.2) is 23.9 Å². The van der Waals surface area contributed by atoms with Crippen LogP contribution in [0.3, 0.4) is 0 Å². The van der Waals surface area contributed by atoms with Gasteiger partial charge in [-0.05, 0) is 56.1 Å². The van der Waals surface area contributed by atoms with Gasteiger partial charge in [0.05, 0.1) is 35.9 Å². The number of sulfone groups is 1. The number of hydrogen-bond acceptors (Lipinski definition) is 7. The zero-order valence-electron chi connectivity index (χ0n) is 23.8. The lowest BCUT2D eigenvalue weighted by atomic mass is 9.97. The van der Waals surface area contributed by atoms with E-state index in [2.05, 4.69) is 33.9 Å². The maximum atomic E-state index is 13.7. The number of benzene rings is 2. The van der Waals surface area contributed by atoms with E-state index >= 15 is 0 Å². The summed E-state index contributed by atoms with van der Waals surface area (Å²) in [5.74, 6) is -1.56. The number of methoxy groups -OCH3 is 1. The standard InChI is InChI=1S/C29H42O7SSi/c1-28(2,3)38(7,8)36-26(21-15-11-9-12-16-21)27-24(34-29(4,5)35-27)19-23(20-25(30)33-6)37(31,32)22-17-13-10-14-18-22/h9-18,23-24,26-27H,19-20H2,1-8H3/t23?,24-,26+,27+/m1/s1. The molecule has 1 saturated heterocycles. The zero-order valence-corrected chi connectivity index (χ0v) is 25.6. The number of carbonyl (C=O) groups is 1. The van der Waals surface area contributed by atoms with Crippen LogP contribution in [0.2, 0.25) is 18.1 Å². The van der Waals surface area contributed by atoms with E-state index in [4.69, 9.17) is 18.6 Å². The van der Waals surface area contributed by atoms with Crippen molar-refractivity contribution in [2.45, 2.75) is 99.8 Å². The summed E-state index contributed by atoms with van der Waals surface area (Å²) in [6, 6.07) is 18.0. The number of carbonyl (C=O) groups excluding carboxylic acids is 1. The molecule has 2 aromatic rings. The van der Waals surface area contributed by atoms with Crippen LogP contribution in [0.4, 0.5) is 0 Å². The average Bonchev–Trinajstić information content (AvgIpc) is 3.16. The summed E-state index contributed by atoms with van der Waals surface area (Å²) in [7, 11) is -4.90. The fourth-order valence-corrected chi connectivity index (χ4v) is 7.39. The second kappa shape index (κ2) is 11.6. The SMILES string of the molecule is COC(=O)CC(C[C@H]1OC(C)(C)O[C@@H]1[C@@H](O[Si](C)(C)C(C)(C)C)c1ccccc1)S(=O)(=O)c1ccccc1. The third kappa shape index (κ3) is 7.12. The minimum absolute atomic E-state index is 0.0462. The summed E-state index contributed by atoms with van der Waals surface area (Å²) in [5, 5.41) is -1.12. The van der Waals surface area contributed by atoms with Crippen molar-refractivity contribution in [1.82, 2.24) is 0 Å². The molecule has 38 heavy (non-hydrogen) atoms. The molecule has 1 aliphatic heterocycles. The molecular weight excluding hydrogens is 520 g/mol. The predicted molar refractivity (Wildman–Crippen MR) is 150 cm³/mol. The van der Waals surface area contributed by atoms with Crippen LogP contribution in [0, 0.1) is 0 Å². The molecule has 4 atom stereocenters. The molecule has 0 aliphatic carbocycles. The molecule has 3 rings (SSSR count). The smallest absolute Gasteiger partial charge is 0.306 e. The van der Waals surface area contributed by atoms with Crippen LogP contribution >= 0.6 is 0 Å². The molecular formula is C29H42O7SSi. The third-order valence-electron chi connectivity index (χ3n) is 7.50. The van der Waals surface area contributed by atoms with E-state index in [1.54, 1.807) is 30.3 Å². The lowest BCUT2D eigenvalue weighted by Crippen LogP contribution is -2.46. The first-order chi connectivity index (χ1) is 17.6. The Labute approximate surface area is 228 Å². The average molecular weight is 563 g/mol. The van der Waals surface area contributed by atoms with Crippen molar-refractivity contribution in [2.24, 2.45) is 0 Å². The molecule has 1 aliphatic rings. The van der Waals surface area contributed by atoms with Crippen LogP contribution < -0.4 is 0 Å². The molecule has 1 heterocycles. The quantitative estimate of drug-likeness (QED) is 0.257. The van der Waals surface area contributed by atoms with E-state index in [-0.39, 0.29) is 22.8 Å². The van der Waals surface area contributed by atoms with Crippen molar-refractivity contribution >= 4 is 24.1 Å². The largest absolute Gasteiger partial charge is 0.469 e. The lowest BCUT2D eigenvalue weighted by molar-refractivity contribution is -0.155.